The van der Waals surface area contributed by atoms with Crippen molar-refractivity contribution in [3.05, 3.63) is 95.6 Å². The van der Waals surface area contributed by atoms with E-state index in [0.717, 1.165) is 11.3 Å². The minimum Gasteiger partial charge on any atom is -0.494 e. The van der Waals surface area contributed by atoms with Crippen molar-refractivity contribution < 1.29 is 18.7 Å². The maximum atomic E-state index is 12.7. The summed E-state index contributed by atoms with van der Waals surface area (Å²) in [5.41, 5.74) is 1.35. The molecule has 0 aliphatic rings. The van der Waals surface area contributed by atoms with Gasteiger partial charge in [0.15, 0.2) is 0 Å². The zero-order valence-electron chi connectivity index (χ0n) is 16.1. The van der Waals surface area contributed by atoms with Crippen LogP contribution in [0.15, 0.2) is 83.1 Å². The van der Waals surface area contributed by atoms with Crippen LogP contribution >= 0.6 is 0 Å². The van der Waals surface area contributed by atoms with Crippen LogP contribution in [0, 0.1) is 0 Å². The van der Waals surface area contributed by atoms with Crippen molar-refractivity contribution in [2.75, 3.05) is 6.61 Å². The summed E-state index contributed by atoms with van der Waals surface area (Å²) in [6.07, 6.45) is 3.16. The lowest BCUT2D eigenvalue weighted by atomic mass is 10.1. The molecule has 1 aromatic heterocycles. The summed E-state index contributed by atoms with van der Waals surface area (Å²) in [5.74, 6) is 0.574. The lowest BCUT2D eigenvalue weighted by molar-refractivity contribution is -0.118. The van der Waals surface area contributed by atoms with Crippen molar-refractivity contribution in [1.82, 2.24) is 10.6 Å². The van der Waals surface area contributed by atoms with E-state index in [1.807, 2.05) is 37.3 Å². The molecule has 0 unspecified atom stereocenters. The first kappa shape index (κ1) is 19.9. The lowest BCUT2D eigenvalue weighted by Gasteiger charge is -2.11. The van der Waals surface area contributed by atoms with Gasteiger partial charge in [-0.3, -0.25) is 9.59 Å². The third-order valence-corrected chi connectivity index (χ3v) is 4.03. The van der Waals surface area contributed by atoms with Gasteiger partial charge in [0.25, 0.3) is 11.8 Å². The van der Waals surface area contributed by atoms with Crippen molar-refractivity contribution in [3.8, 4) is 5.75 Å². The highest BCUT2D eigenvalue weighted by molar-refractivity contribution is 6.05. The smallest absolute Gasteiger partial charge is 0.268 e. The molecule has 0 aliphatic carbocycles. The Morgan fingerprint density at radius 2 is 1.76 bits per heavy atom. The van der Waals surface area contributed by atoms with Gasteiger partial charge in [0.05, 0.1) is 19.4 Å². The Balaban J connectivity index is 1.79. The first-order chi connectivity index (χ1) is 14.2. The van der Waals surface area contributed by atoms with E-state index >= 15 is 0 Å². The summed E-state index contributed by atoms with van der Waals surface area (Å²) in [6, 6.07) is 19.5. The number of hydrogen-bond donors (Lipinski definition) is 2. The number of nitrogens with one attached hydrogen (secondary N) is 2. The second kappa shape index (κ2) is 9.94. The maximum Gasteiger partial charge on any atom is 0.268 e. The molecule has 0 aliphatic heterocycles. The Morgan fingerprint density at radius 1 is 1.00 bits per heavy atom. The van der Waals surface area contributed by atoms with Gasteiger partial charge >= 0.3 is 0 Å². The first-order valence-corrected chi connectivity index (χ1v) is 9.27. The molecular formula is C23H22N2O4. The zero-order chi connectivity index (χ0) is 20.5. The van der Waals surface area contributed by atoms with Gasteiger partial charge in [0.2, 0.25) is 0 Å². The summed E-state index contributed by atoms with van der Waals surface area (Å²) >= 11 is 0. The monoisotopic (exact) mass is 390 g/mol. The van der Waals surface area contributed by atoms with Gasteiger partial charge in [-0.1, -0.05) is 30.3 Å². The third-order valence-electron chi connectivity index (χ3n) is 4.03. The Hall–Kier alpha value is -3.80. The highest BCUT2D eigenvalue weighted by atomic mass is 16.5. The molecule has 6 nitrogen and oxygen atoms in total. The summed E-state index contributed by atoms with van der Waals surface area (Å²) in [5, 5.41) is 5.45. The van der Waals surface area contributed by atoms with Crippen LogP contribution in [0.4, 0.5) is 0 Å². The number of furan rings is 1. The summed E-state index contributed by atoms with van der Waals surface area (Å²) in [7, 11) is 0. The molecule has 6 heteroatoms. The largest absolute Gasteiger partial charge is 0.494 e. The van der Waals surface area contributed by atoms with Crippen molar-refractivity contribution in [1.29, 1.82) is 0 Å². The van der Waals surface area contributed by atoms with E-state index in [9.17, 15) is 9.59 Å². The van der Waals surface area contributed by atoms with E-state index in [2.05, 4.69) is 10.6 Å². The first-order valence-electron chi connectivity index (χ1n) is 9.27. The molecule has 2 N–H and O–H groups in total. The predicted molar refractivity (Wildman–Crippen MR) is 110 cm³/mol. The highest BCUT2D eigenvalue weighted by Crippen LogP contribution is 2.14. The highest BCUT2D eigenvalue weighted by Gasteiger charge is 2.15. The molecule has 3 rings (SSSR count). The van der Waals surface area contributed by atoms with Crippen LogP contribution in [0.5, 0.6) is 5.75 Å². The fraction of sp³-hybridized carbons (Fsp3) is 0.130. The molecule has 0 saturated heterocycles. The second-order valence-corrected chi connectivity index (χ2v) is 6.14. The van der Waals surface area contributed by atoms with E-state index in [1.54, 1.807) is 42.5 Å². The molecule has 0 atom stereocenters. The molecule has 0 spiro atoms. The van der Waals surface area contributed by atoms with Gasteiger partial charge in [-0.05, 0) is 55.0 Å². The van der Waals surface area contributed by atoms with Gasteiger partial charge in [-0.15, -0.1) is 0 Å². The van der Waals surface area contributed by atoms with E-state index < -0.39 is 5.91 Å². The molecular weight excluding hydrogens is 368 g/mol. The molecule has 1 heterocycles. The Bertz CT molecular complexity index is 962. The average molecular weight is 390 g/mol. The van der Waals surface area contributed by atoms with Crippen LogP contribution in [-0.2, 0) is 11.3 Å². The van der Waals surface area contributed by atoms with Crippen molar-refractivity contribution in [3.63, 3.8) is 0 Å². The number of hydrogen-bond acceptors (Lipinski definition) is 4. The van der Waals surface area contributed by atoms with Crippen molar-refractivity contribution >= 4 is 17.9 Å². The number of ether oxygens (including phenoxy) is 1. The normalized spacial score (nSPS) is 11.0. The van der Waals surface area contributed by atoms with Crippen LogP contribution in [0.2, 0.25) is 0 Å². The van der Waals surface area contributed by atoms with Crippen LogP contribution in [-0.4, -0.2) is 18.4 Å². The fourth-order valence-electron chi connectivity index (χ4n) is 2.61. The molecule has 0 saturated carbocycles. The van der Waals surface area contributed by atoms with Gasteiger partial charge in [-0.2, -0.15) is 0 Å². The number of carbonyl (C=O) groups excluding carboxylic acids is 2. The Labute approximate surface area is 169 Å². The molecule has 0 radical (unpaired) electrons. The number of carbonyl (C=O) groups is 2. The van der Waals surface area contributed by atoms with Crippen molar-refractivity contribution in [2.45, 2.75) is 13.5 Å². The van der Waals surface area contributed by atoms with E-state index in [1.165, 1.54) is 6.26 Å². The fourth-order valence-corrected chi connectivity index (χ4v) is 2.61. The average Bonchev–Trinajstić information content (AvgIpc) is 3.27. The summed E-state index contributed by atoms with van der Waals surface area (Å²) < 4.78 is 10.7. The minimum atomic E-state index is -0.417. The molecule has 3 aromatic rings. The molecule has 2 amide bonds. The summed E-state index contributed by atoms with van der Waals surface area (Å²) in [4.78, 5) is 25.3. The van der Waals surface area contributed by atoms with E-state index in [0.29, 0.717) is 17.9 Å². The number of rotatable bonds is 8. The van der Waals surface area contributed by atoms with Gasteiger partial charge in [0.1, 0.15) is 17.2 Å². The van der Waals surface area contributed by atoms with Gasteiger partial charge in [-0.25, -0.2) is 0 Å². The number of amides is 2. The van der Waals surface area contributed by atoms with Gasteiger partial charge < -0.3 is 19.8 Å². The van der Waals surface area contributed by atoms with Crippen LogP contribution in [0.25, 0.3) is 6.08 Å². The lowest BCUT2D eigenvalue weighted by Crippen LogP contribution is -2.34. The Morgan fingerprint density at radius 3 is 2.41 bits per heavy atom. The second-order valence-electron chi connectivity index (χ2n) is 6.14. The molecule has 148 valence electrons. The molecule has 0 fully saturated rings. The van der Waals surface area contributed by atoms with E-state index in [4.69, 9.17) is 9.15 Å². The maximum absolute atomic E-state index is 12.7. The number of benzene rings is 2. The van der Waals surface area contributed by atoms with Crippen LogP contribution < -0.4 is 15.4 Å². The minimum absolute atomic E-state index is 0.134. The molecule has 0 bridgehead atoms. The van der Waals surface area contributed by atoms with Crippen LogP contribution in [0.1, 0.15) is 28.6 Å². The van der Waals surface area contributed by atoms with Crippen molar-refractivity contribution in [2.24, 2.45) is 0 Å². The molecule has 29 heavy (non-hydrogen) atoms. The quantitative estimate of drug-likeness (QED) is 0.574. The van der Waals surface area contributed by atoms with Crippen LogP contribution in [0.3, 0.4) is 0 Å². The standard InChI is InChI=1S/C23H22N2O4/c1-2-28-19-12-10-17(11-13-19)15-21(23(27)24-16-20-9-6-14-29-20)25-22(26)18-7-4-3-5-8-18/h3-15H,2,16H2,1H3,(H,24,27)(H,25,26)/b21-15-. The summed E-state index contributed by atoms with van der Waals surface area (Å²) in [6.45, 7) is 2.70. The molecule has 2 aromatic carbocycles. The predicted octanol–water partition coefficient (Wildman–Crippen LogP) is 3.77. The van der Waals surface area contributed by atoms with E-state index in [-0.39, 0.29) is 18.1 Å². The van der Waals surface area contributed by atoms with Gasteiger partial charge in [0, 0.05) is 5.56 Å². The topological polar surface area (TPSA) is 80.6 Å². The Kier molecular flexibility index (Phi) is 6.84. The zero-order valence-corrected chi connectivity index (χ0v) is 16.1. The third kappa shape index (κ3) is 5.84. The SMILES string of the molecule is CCOc1ccc(/C=C(\NC(=O)c2ccccc2)C(=O)NCc2ccco2)cc1.